The number of alkyl halides is 1. The summed E-state index contributed by atoms with van der Waals surface area (Å²) < 4.78 is 17.7. The zero-order valence-electron chi connectivity index (χ0n) is 11.7. The third kappa shape index (κ3) is 2.76. The fourth-order valence-corrected chi connectivity index (χ4v) is 2.20. The molecule has 6 heteroatoms. The lowest BCUT2D eigenvalue weighted by atomic mass is 10.0. The summed E-state index contributed by atoms with van der Waals surface area (Å²) in [7, 11) is 0. The molecule has 1 aromatic heterocycles. The van der Waals surface area contributed by atoms with Crippen LogP contribution < -0.4 is 10.5 Å². The van der Waals surface area contributed by atoms with Gasteiger partial charge in [0.1, 0.15) is 19.0 Å². The summed E-state index contributed by atoms with van der Waals surface area (Å²) >= 11 is 0. The van der Waals surface area contributed by atoms with Crippen LogP contribution >= 0.6 is 0 Å². The van der Waals surface area contributed by atoms with Crippen molar-refractivity contribution in [2.45, 2.75) is 0 Å². The summed E-state index contributed by atoms with van der Waals surface area (Å²) in [6.45, 7) is -0.696. The van der Waals surface area contributed by atoms with Gasteiger partial charge in [0, 0.05) is 0 Å². The molecule has 0 aliphatic carbocycles. The highest BCUT2D eigenvalue weighted by atomic mass is 19.1. The maximum Gasteiger partial charge on any atom is 0.226 e. The van der Waals surface area contributed by atoms with Gasteiger partial charge in [-0.1, -0.05) is 18.2 Å². The highest BCUT2D eigenvalue weighted by Crippen LogP contribution is 2.29. The average molecular weight is 299 g/mol. The lowest BCUT2D eigenvalue weighted by Crippen LogP contribution is -2.04. The molecule has 22 heavy (non-hydrogen) atoms. The Labute approximate surface area is 126 Å². The molecule has 0 aliphatic rings. The molecule has 0 radical (unpaired) electrons. The number of halogens is 1. The van der Waals surface area contributed by atoms with Gasteiger partial charge in [0.15, 0.2) is 0 Å². The molecule has 3 N–H and O–H groups in total. The Morgan fingerprint density at radius 3 is 2.50 bits per heavy atom. The van der Waals surface area contributed by atoms with Gasteiger partial charge in [-0.2, -0.15) is 4.98 Å². The molecule has 0 fully saturated rings. The second kappa shape index (κ2) is 5.85. The average Bonchev–Trinajstić information content (AvgIpc) is 2.53. The van der Waals surface area contributed by atoms with Gasteiger partial charge in [-0.3, -0.25) is 0 Å². The Kier molecular flexibility index (Phi) is 3.74. The van der Waals surface area contributed by atoms with E-state index in [0.29, 0.717) is 10.9 Å². The first-order valence-corrected chi connectivity index (χ1v) is 6.73. The van der Waals surface area contributed by atoms with Gasteiger partial charge in [0.05, 0.1) is 10.9 Å². The van der Waals surface area contributed by atoms with Gasteiger partial charge < -0.3 is 15.6 Å². The Balaban J connectivity index is 2.11. The monoisotopic (exact) mass is 299 g/mol. The van der Waals surface area contributed by atoms with Crippen molar-refractivity contribution in [2.24, 2.45) is 0 Å². The van der Waals surface area contributed by atoms with Crippen molar-refractivity contribution in [3.63, 3.8) is 0 Å². The molecule has 0 aliphatic heterocycles. The van der Waals surface area contributed by atoms with Crippen molar-refractivity contribution < 1.29 is 14.2 Å². The van der Waals surface area contributed by atoms with Crippen LogP contribution in [0.4, 0.5) is 10.3 Å². The number of rotatable bonds is 4. The number of phenolic OH excluding ortho intramolecular Hbond substituents is 1. The van der Waals surface area contributed by atoms with E-state index in [1.807, 2.05) is 12.1 Å². The summed E-state index contributed by atoms with van der Waals surface area (Å²) in [5.41, 5.74) is 8.10. The van der Waals surface area contributed by atoms with Crippen molar-refractivity contribution in [3.05, 3.63) is 42.5 Å². The Morgan fingerprint density at radius 2 is 1.77 bits per heavy atom. The van der Waals surface area contributed by atoms with Gasteiger partial charge in [-0.05, 0) is 35.4 Å². The molecule has 0 spiro atoms. The first-order chi connectivity index (χ1) is 10.7. The standard InChI is InChI=1S/C16H14FN3O2/c17-7-8-22-15-13-9-11(10-1-4-12(21)5-2-10)3-6-14(13)19-16(18)20-15/h1-6,9,21H,7-8H2,(H2,18,19,20). The highest BCUT2D eigenvalue weighted by molar-refractivity contribution is 5.89. The number of ether oxygens (including phenoxy) is 1. The topological polar surface area (TPSA) is 81.3 Å². The largest absolute Gasteiger partial charge is 0.508 e. The number of nitrogens with zero attached hydrogens (tertiary/aromatic N) is 2. The molecular weight excluding hydrogens is 285 g/mol. The molecule has 0 unspecified atom stereocenters. The highest BCUT2D eigenvalue weighted by Gasteiger charge is 2.09. The van der Waals surface area contributed by atoms with Crippen LogP contribution in [-0.4, -0.2) is 28.4 Å². The van der Waals surface area contributed by atoms with Crippen LogP contribution in [-0.2, 0) is 0 Å². The fraction of sp³-hybridized carbons (Fsp3) is 0.125. The SMILES string of the molecule is Nc1nc(OCCF)c2cc(-c3ccc(O)cc3)ccc2n1. The van der Waals surface area contributed by atoms with Crippen LogP contribution in [0.25, 0.3) is 22.0 Å². The van der Waals surface area contributed by atoms with Crippen LogP contribution in [0.15, 0.2) is 42.5 Å². The van der Waals surface area contributed by atoms with Crippen molar-refractivity contribution in [1.29, 1.82) is 0 Å². The number of aromatic hydroxyl groups is 1. The molecule has 0 saturated carbocycles. The maximum atomic E-state index is 12.3. The second-order valence-corrected chi connectivity index (χ2v) is 4.70. The lowest BCUT2D eigenvalue weighted by Gasteiger charge is -2.09. The van der Waals surface area contributed by atoms with E-state index < -0.39 is 6.67 Å². The van der Waals surface area contributed by atoms with E-state index >= 15 is 0 Å². The third-order valence-corrected chi connectivity index (χ3v) is 3.19. The van der Waals surface area contributed by atoms with Gasteiger partial charge in [-0.25, -0.2) is 9.37 Å². The Bertz CT molecular complexity index is 806. The molecule has 0 amide bonds. The zero-order chi connectivity index (χ0) is 15.5. The quantitative estimate of drug-likeness (QED) is 0.774. The van der Waals surface area contributed by atoms with Gasteiger partial charge in [-0.15, -0.1) is 0 Å². The molecule has 0 saturated heterocycles. The number of anilines is 1. The minimum atomic E-state index is -0.608. The number of aromatic nitrogens is 2. The fourth-order valence-electron chi connectivity index (χ4n) is 2.20. The first-order valence-electron chi connectivity index (χ1n) is 6.73. The van der Waals surface area contributed by atoms with E-state index in [-0.39, 0.29) is 24.2 Å². The zero-order valence-corrected chi connectivity index (χ0v) is 11.7. The van der Waals surface area contributed by atoms with Crippen molar-refractivity contribution in [2.75, 3.05) is 19.0 Å². The van der Waals surface area contributed by atoms with Crippen LogP contribution in [0.1, 0.15) is 0 Å². The first kappa shape index (κ1) is 14.1. The number of benzene rings is 2. The molecule has 112 valence electrons. The predicted octanol–water partition coefficient (Wildman–Crippen LogP) is 2.93. The van der Waals surface area contributed by atoms with E-state index in [1.165, 1.54) is 0 Å². The summed E-state index contributed by atoms with van der Waals surface area (Å²) in [6.07, 6.45) is 0. The second-order valence-electron chi connectivity index (χ2n) is 4.70. The van der Waals surface area contributed by atoms with Crippen LogP contribution in [0, 0.1) is 0 Å². The van der Waals surface area contributed by atoms with Gasteiger partial charge in [0.25, 0.3) is 0 Å². The summed E-state index contributed by atoms with van der Waals surface area (Å²) in [5, 5.41) is 10.0. The number of nitrogens with two attached hydrogens (primary N) is 1. The summed E-state index contributed by atoms with van der Waals surface area (Å²) in [4.78, 5) is 8.17. The Morgan fingerprint density at radius 1 is 1.05 bits per heavy atom. The predicted molar refractivity (Wildman–Crippen MR) is 82.5 cm³/mol. The normalized spacial score (nSPS) is 10.8. The number of fused-ring (bicyclic) bond motifs is 1. The molecule has 1 heterocycles. The maximum absolute atomic E-state index is 12.3. The minimum Gasteiger partial charge on any atom is -0.508 e. The van der Waals surface area contributed by atoms with Crippen LogP contribution in [0.5, 0.6) is 11.6 Å². The van der Waals surface area contributed by atoms with Crippen molar-refractivity contribution in [1.82, 2.24) is 9.97 Å². The molecule has 3 aromatic rings. The lowest BCUT2D eigenvalue weighted by molar-refractivity contribution is 0.267. The van der Waals surface area contributed by atoms with Crippen LogP contribution in [0.2, 0.25) is 0 Å². The molecule has 5 nitrogen and oxygen atoms in total. The van der Waals surface area contributed by atoms with E-state index in [2.05, 4.69) is 9.97 Å². The number of hydrogen-bond acceptors (Lipinski definition) is 5. The smallest absolute Gasteiger partial charge is 0.226 e. The van der Waals surface area contributed by atoms with E-state index in [9.17, 15) is 9.50 Å². The number of nitrogen functional groups attached to an aromatic ring is 1. The number of hydrogen-bond donors (Lipinski definition) is 2. The Hall–Kier alpha value is -2.89. The van der Waals surface area contributed by atoms with E-state index in [0.717, 1.165) is 11.1 Å². The minimum absolute atomic E-state index is 0.0822. The van der Waals surface area contributed by atoms with Crippen molar-refractivity contribution in [3.8, 4) is 22.8 Å². The molecular formula is C16H14FN3O2. The third-order valence-electron chi connectivity index (χ3n) is 3.19. The molecule has 0 atom stereocenters. The number of phenols is 1. The van der Waals surface area contributed by atoms with Gasteiger partial charge >= 0.3 is 0 Å². The van der Waals surface area contributed by atoms with Crippen LogP contribution in [0.3, 0.4) is 0 Å². The van der Waals surface area contributed by atoms with E-state index in [1.54, 1.807) is 30.3 Å². The van der Waals surface area contributed by atoms with E-state index in [4.69, 9.17) is 10.5 Å². The van der Waals surface area contributed by atoms with Gasteiger partial charge in [0.2, 0.25) is 11.8 Å². The summed E-state index contributed by atoms with van der Waals surface area (Å²) in [5.74, 6) is 0.548. The molecule has 0 bridgehead atoms. The summed E-state index contributed by atoms with van der Waals surface area (Å²) in [6, 6.07) is 12.4. The molecule has 3 rings (SSSR count). The van der Waals surface area contributed by atoms with Crippen molar-refractivity contribution >= 4 is 16.9 Å². The molecule has 2 aromatic carbocycles.